The van der Waals surface area contributed by atoms with E-state index in [0.29, 0.717) is 44.5 Å². The van der Waals surface area contributed by atoms with Gasteiger partial charge in [-0.1, -0.05) is 125 Å². The van der Waals surface area contributed by atoms with Gasteiger partial charge in [0.25, 0.3) is 0 Å². The third-order valence-corrected chi connectivity index (χ3v) is 22.4. The smallest absolute Gasteiger partial charge is 0.405 e. The first-order valence-electron chi connectivity index (χ1n) is 37.0. The topological polar surface area (TPSA) is 107 Å². The van der Waals surface area contributed by atoms with Gasteiger partial charge in [0, 0.05) is 76.3 Å². The standard InChI is InChI=1S/C42H33BF6N2O2.C36H21BrF6N2.C12H24B2O4/c1-39(2)40(3,4)53-43(52-39)38-13-7-12-30(21-38)33-17-31(26-8-5-10-28(14-26)34-19-36(24-50-22-34)41(44,45)46)16-32(18-33)27-9-6-11-29(15-27)35-20-37(25-51-23-35)42(47,48)49;37-34-9-3-8-26(17-34)29-13-27(22-4-1-6-24(10-22)30-15-32(20-44-18-30)35(38,39)40)12-28(14-29)23-5-2-7-25(11-23)31-16-33(21-45-19-31)36(41,42)43;1-9(2)10(3,4)16-13(15-9)14-17-11(5,6)12(7,8)18-14/h5-25H,1-4H3;1-21H;1-8H3. The second-order valence-corrected chi connectivity index (χ2v) is 32.7. The Kier molecular flexibility index (Phi) is 23.0. The Hall–Kier alpha value is -10.0. The van der Waals surface area contributed by atoms with E-state index in [1.807, 2.05) is 217 Å². The van der Waals surface area contributed by atoms with E-state index in [2.05, 4.69) is 35.9 Å². The molecular weight excluding hydrogens is 1570 g/mol. The number of alkyl halides is 12. The molecule has 12 aromatic rings. The number of aromatic nitrogens is 4. The van der Waals surface area contributed by atoms with Crippen LogP contribution in [0.5, 0.6) is 0 Å². The highest BCUT2D eigenvalue weighted by Crippen LogP contribution is 2.46. The van der Waals surface area contributed by atoms with Crippen molar-refractivity contribution in [2.24, 2.45) is 0 Å². The lowest BCUT2D eigenvalue weighted by molar-refractivity contribution is -0.138. The van der Waals surface area contributed by atoms with E-state index in [1.165, 1.54) is 24.8 Å². The van der Waals surface area contributed by atoms with Crippen LogP contribution in [0, 0.1) is 0 Å². The van der Waals surface area contributed by atoms with E-state index < -0.39 is 79.3 Å². The summed E-state index contributed by atoms with van der Waals surface area (Å²) in [7, 11) is -1.55. The molecule has 0 bridgehead atoms. The van der Waals surface area contributed by atoms with E-state index in [4.69, 9.17) is 27.9 Å². The molecule has 0 N–H and O–H groups in total. The molecule has 26 heteroatoms. The summed E-state index contributed by atoms with van der Waals surface area (Å²) >= 11 is 3.52. The monoisotopic (exact) mass is 1650 g/mol. The largest absolute Gasteiger partial charge is 0.494 e. The Balaban J connectivity index is 0.000000168. The van der Waals surface area contributed by atoms with Crippen LogP contribution in [0.25, 0.3) is 111 Å². The van der Waals surface area contributed by atoms with Crippen LogP contribution in [0.1, 0.15) is 105 Å². The molecule has 0 amide bonds. The van der Waals surface area contributed by atoms with Gasteiger partial charge >= 0.3 is 45.8 Å². The third-order valence-electron chi connectivity index (χ3n) is 21.9. The molecule has 3 aliphatic rings. The zero-order valence-corrected chi connectivity index (χ0v) is 66.7. The summed E-state index contributed by atoms with van der Waals surface area (Å²) < 4.78 is 199. The summed E-state index contributed by atoms with van der Waals surface area (Å²) in [6.45, 7) is 24.2. The van der Waals surface area contributed by atoms with Gasteiger partial charge in [-0.15, -0.1) is 0 Å². The van der Waals surface area contributed by atoms with Crippen LogP contribution in [0.3, 0.4) is 0 Å². The molecule has 3 saturated heterocycles. The second-order valence-electron chi connectivity index (χ2n) is 31.7. The predicted octanol–water partition coefficient (Wildman–Crippen LogP) is 25.0. The van der Waals surface area contributed by atoms with Gasteiger partial charge in [0.05, 0.1) is 55.9 Å². The maximum atomic E-state index is 13.5. The van der Waals surface area contributed by atoms with Crippen molar-refractivity contribution in [3.05, 3.63) is 283 Å². The van der Waals surface area contributed by atoms with Crippen molar-refractivity contribution in [3.8, 4) is 111 Å². The molecule has 0 saturated carbocycles. The first-order chi connectivity index (χ1) is 54.3. The summed E-state index contributed by atoms with van der Waals surface area (Å²) in [5.74, 6) is 0. The van der Waals surface area contributed by atoms with Gasteiger partial charge in [0.2, 0.25) is 0 Å². The molecule has 116 heavy (non-hydrogen) atoms. The molecule has 8 aromatic carbocycles. The van der Waals surface area contributed by atoms with E-state index >= 15 is 0 Å². The Morgan fingerprint density at radius 1 is 0.233 bits per heavy atom. The summed E-state index contributed by atoms with van der Waals surface area (Å²) in [4.78, 5) is 15.3. The maximum absolute atomic E-state index is 13.5. The van der Waals surface area contributed by atoms with Crippen molar-refractivity contribution in [1.82, 2.24) is 19.9 Å². The normalized spacial score (nSPS) is 16.6. The van der Waals surface area contributed by atoms with Gasteiger partial charge in [-0.05, 0) is 275 Å². The fourth-order valence-corrected chi connectivity index (χ4v) is 13.7. The highest BCUT2D eigenvalue weighted by Gasteiger charge is 2.64. The Morgan fingerprint density at radius 3 is 0.672 bits per heavy atom. The summed E-state index contributed by atoms with van der Waals surface area (Å²) in [6, 6.07) is 60.5. The SMILES string of the molecule is CC1(C)OB(B2OC(C)(C)C(C)(C)O2)OC1(C)C.CC1(C)OB(c2cccc(-c3cc(-c4cccc(-c5cncc(C(F)(F)F)c5)c4)cc(-c4cccc(-c5cncc(C(F)(F)F)c5)c4)c3)c2)OC1(C)C.FC(F)(F)c1cncc(-c2cccc(-c3cc(-c4cccc(Br)c4)cc(-c4cccc(-c5cncc(C(F)(F)F)c5)c4)c3)c2)c1. The predicted molar refractivity (Wildman–Crippen MR) is 434 cm³/mol. The van der Waals surface area contributed by atoms with Crippen LogP contribution in [0.15, 0.2) is 260 Å². The van der Waals surface area contributed by atoms with Crippen molar-refractivity contribution >= 4 is 42.5 Å². The van der Waals surface area contributed by atoms with E-state index in [9.17, 15) is 52.7 Å². The summed E-state index contributed by atoms with van der Waals surface area (Å²) in [5.41, 5.74) is 8.11. The van der Waals surface area contributed by atoms with Crippen LogP contribution in [-0.2, 0) is 52.6 Å². The van der Waals surface area contributed by atoms with E-state index in [0.717, 1.165) is 126 Å². The zero-order chi connectivity index (χ0) is 83.5. The van der Waals surface area contributed by atoms with E-state index in [-0.39, 0.29) is 22.4 Å². The van der Waals surface area contributed by atoms with Crippen LogP contribution in [-0.4, -0.2) is 74.7 Å². The van der Waals surface area contributed by atoms with Gasteiger partial charge in [-0.2, -0.15) is 52.7 Å². The molecule has 0 atom stereocenters. The lowest BCUT2D eigenvalue weighted by Crippen LogP contribution is -2.41. The number of hydrogen-bond donors (Lipinski definition) is 0. The zero-order valence-electron chi connectivity index (χ0n) is 65.1. The van der Waals surface area contributed by atoms with E-state index in [1.54, 1.807) is 48.5 Å². The number of pyridine rings is 4. The van der Waals surface area contributed by atoms with Crippen molar-refractivity contribution < 1.29 is 80.6 Å². The minimum absolute atomic E-state index is 0.315. The minimum atomic E-state index is -4.54. The first-order valence-corrected chi connectivity index (χ1v) is 37.8. The molecule has 4 aromatic heterocycles. The highest BCUT2D eigenvalue weighted by atomic mass is 79.9. The van der Waals surface area contributed by atoms with Crippen LogP contribution in [0.2, 0.25) is 0 Å². The lowest BCUT2D eigenvalue weighted by atomic mass is 9.49. The molecule has 0 radical (unpaired) electrons. The lowest BCUT2D eigenvalue weighted by Gasteiger charge is -2.32. The fraction of sp³-hybridized carbons (Fsp3) is 0.244. The van der Waals surface area contributed by atoms with Gasteiger partial charge in [-0.25, -0.2) is 0 Å². The maximum Gasteiger partial charge on any atom is 0.494 e. The van der Waals surface area contributed by atoms with Crippen molar-refractivity contribution in [2.45, 2.75) is 141 Å². The fourth-order valence-electron chi connectivity index (χ4n) is 13.3. The molecule has 3 fully saturated rings. The third kappa shape index (κ3) is 18.7. The Morgan fingerprint density at radius 2 is 0.431 bits per heavy atom. The molecule has 10 nitrogen and oxygen atoms in total. The molecule has 0 spiro atoms. The highest BCUT2D eigenvalue weighted by molar-refractivity contribution is 9.10. The molecule has 3 aliphatic heterocycles. The number of nitrogens with zero attached hydrogens (tertiary/aromatic N) is 4. The van der Waals surface area contributed by atoms with Crippen molar-refractivity contribution in [3.63, 3.8) is 0 Å². The van der Waals surface area contributed by atoms with Crippen molar-refractivity contribution in [2.75, 3.05) is 0 Å². The summed E-state index contributed by atoms with van der Waals surface area (Å²) in [5, 5.41) is 0. The molecule has 0 unspecified atom stereocenters. The summed E-state index contributed by atoms with van der Waals surface area (Å²) in [6.07, 6.45) is -9.37. The number of halogens is 13. The van der Waals surface area contributed by atoms with Crippen LogP contribution < -0.4 is 5.46 Å². The number of benzene rings is 8. The van der Waals surface area contributed by atoms with Gasteiger partial charge < -0.3 is 27.9 Å². The van der Waals surface area contributed by atoms with Crippen molar-refractivity contribution in [1.29, 1.82) is 0 Å². The van der Waals surface area contributed by atoms with Crippen LogP contribution in [0.4, 0.5) is 52.7 Å². The molecule has 15 rings (SSSR count). The average Bonchev–Trinajstić information content (AvgIpc) is 1.63. The minimum Gasteiger partial charge on any atom is -0.405 e. The Labute approximate surface area is 674 Å². The van der Waals surface area contributed by atoms with Gasteiger partial charge in [-0.3, -0.25) is 19.9 Å². The average molecular weight is 1650 g/mol. The van der Waals surface area contributed by atoms with Gasteiger partial charge in [0.1, 0.15) is 0 Å². The number of hydrogen-bond acceptors (Lipinski definition) is 10. The molecule has 0 aliphatic carbocycles. The second kappa shape index (κ2) is 31.8. The number of rotatable bonds is 12. The first kappa shape index (κ1) is 83.9. The molecule has 7 heterocycles. The molecule has 594 valence electrons. The quantitative estimate of drug-likeness (QED) is 0.0867. The van der Waals surface area contributed by atoms with Gasteiger partial charge in [0.15, 0.2) is 0 Å². The van der Waals surface area contributed by atoms with Crippen LogP contribution >= 0.6 is 15.9 Å². The Bertz CT molecular complexity index is 5320. The molecular formula is C90H78B3BrF12N4O6.